The average Bonchev–Trinajstić information content (AvgIpc) is 2.67. The van der Waals surface area contributed by atoms with Crippen molar-refractivity contribution in [1.82, 2.24) is 9.97 Å². The summed E-state index contributed by atoms with van der Waals surface area (Å²) < 4.78 is 0. The van der Waals surface area contributed by atoms with Crippen molar-refractivity contribution >= 4 is 33.7 Å². The van der Waals surface area contributed by atoms with E-state index >= 15 is 0 Å². The number of anilines is 1. The second-order valence-electron chi connectivity index (χ2n) is 5.62. The van der Waals surface area contributed by atoms with Crippen molar-refractivity contribution in [3.63, 3.8) is 0 Å². The second kappa shape index (κ2) is 7.90. The summed E-state index contributed by atoms with van der Waals surface area (Å²) in [5, 5.41) is 4.50. The molecule has 0 saturated carbocycles. The first-order valence-corrected chi connectivity index (χ1v) is 8.00. The Balaban J connectivity index is 0.00000182. The molecule has 4 aromatic rings. The molecule has 0 aliphatic carbocycles. The summed E-state index contributed by atoms with van der Waals surface area (Å²) in [6.07, 6.45) is 0. The van der Waals surface area contributed by atoms with Crippen LogP contribution >= 0.6 is 17.0 Å². The Kier molecular flexibility index (Phi) is 5.41. The van der Waals surface area contributed by atoms with Gasteiger partial charge in [0.05, 0.1) is 5.52 Å². The monoisotopic (exact) mass is 391 g/mol. The van der Waals surface area contributed by atoms with Gasteiger partial charge in [0.2, 0.25) is 0 Å². The van der Waals surface area contributed by atoms with Crippen LogP contribution in [-0.2, 0) is 6.54 Å². The summed E-state index contributed by atoms with van der Waals surface area (Å²) in [7, 11) is 0. The van der Waals surface area contributed by atoms with E-state index < -0.39 is 0 Å². The Morgan fingerprint density at radius 1 is 0.680 bits per heavy atom. The first-order valence-electron chi connectivity index (χ1n) is 8.00. The maximum absolute atomic E-state index is 4.76. The topological polar surface area (TPSA) is 37.8 Å². The minimum absolute atomic E-state index is 0. The van der Waals surface area contributed by atoms with Crippen molar-refractivity contribution in [1.29, 1.82) is 0 Å². The van der Waals surface area contributed by atoms with Crippen LogP contribution < -0.4 is 5.32 Å². The van der Waals surface area contributed by atoms with Crippen molar-refractivity contribution in [3.8, 4) is 11.4 Å². The summed E-state index contributed by atoms with van der Waals surface area (Å²) in [6, 6.07) is 28.5. The lowest BCUT2D eigenvalue weighted by molar-refractivity contribution is 1.11. The smallest absolute Gasteiger partial charge is 0.162 e. The van der Waals surface area contributed by atoms with E-state index in [4.69, 9.17) is 9.97 Å². The Hall–Kier alpha value is -2.72. The van der Waals surface area contributed by atoms with Gasteiger partial charge in [0.25, 0.3) is 0 Å². The number of nitrogens with one attached hydrogen (secondary N) is 1. The predicted molar refractivity (Wildman–Crippen MR) is 109 cm³/mol. The van der Waals surface area contributed by atoms with Crippen molar-refractivity contribution < 1.29 is 0 Å². The van der Waals surface area contributed by atoms with Crippen LogP contribution in [0.2, 0.25) is 0 Å². The maximum Gasteiger partial charge on any atom is 0.162 e. The third kappa shape index (κ3) is 3.86. The Morgan fingerprint density at radius 3 is 2.08 bits per heavy atom. The number of hydrogen-bond donors (Lipinski definition) is 1. The third-order valence-corrected chi connectivity index (χ3v) is 3.94. The van der Waals surface area contributed by atoms with Crippen LogP contribution in [0.3, 0.4) is 0 Å². The number of rotatable bonds is 4. The van der Waals surface area contributed by atoms with Gasteiger partial charge in [-0.1, -0.05) is 72.8 Å². The SMILES string of the molecule is Br.c1ccc(CNc2nc(-c3ccccc3)nc3ccccc23)cc1. The Morgan fingerprint density at radius 2 is 1.32 bits per heavy atom. The molecule has 3 aromatic carbocycles. The highest BCUT2D eigenvalue weighted by atomic mass is 79.9. The van der Waals surface area contributed by atoms with Crippen molar-refractivity contribution in [2.24, 2.45) is 0 Å². The van der Waals surface area contributed by atoms with Gasteiger partial charge in [-0.05, 0) is 17.7 Å². The molecule has 4 rings (SSSR count). The van der Waals surface area contributed by atoms with Gasteiger partial charge in [-0.25, -0.2) is 9.97 Å². The number of aromatic nitrogens is 2. The van der Waals surface area contributed by atoms with Crippen molar-refractivity contribution in [2.45, 2.75) is 6.54 Å². The summed E-state index contributed by atoms with van der Waals surface area (Å²) in [5.41, 5.74) is 3.19. The lowest BCUT2D eigenvalue weighted by atomic mass is 10.1. The molecule has 3 nitrogen and oxygen atoms in total. The van der Waals surface area contributed by atoms with Gasteiger partial charge >= 0.3 is 0 Å². The van der Waals surface area contributed by atoms with Crippen molar-refractivity contribution in [2.75, 3.05) is 5.32 Å². The maximum atomic E-state index is 4.76. The molecule has 0 aliphatic rings. The fourth-order valence-electron chi connectivity index (χ4n) is 2.71. The van der Waals surface area contributed by atoms with E-state index in [-0.39, 0.29) is 17.0 Å². The van der Waals surface area contributed by atoms with Gasteiger partial charge in [0.1, 0.15) is 5.82 Å². The standard InChI is InChI=1S/C21H17N3.BrH/c1-3-9-16(10-4-1)15-22-21-18-13-7-8-14-19(18)23-20(24-21)17-11-5-2-6-12-17;/h1-14H,15H2,(H,22,23,24);1H. The number of nitrogens with zero attached hydrogens (tertiary/aromatic N) is 2. The zero-order valence-corrected chi connectivity index (χ0v) is 15.3. The second-order valence-corrected chi connectivity index (χ2v) is 5.62. The van der Waals surface area contributed by atoms with Crippen LogP contribution in [-0.4, -0.2) is 9.97 Å². The summed E-state index contributed by atoms with van der Waals surface area (Å²) in [4.78, 5) is 9.47. The van der Waals surface area contributed by atoms with E-state index in [9.17, 15) is 0 Å². The minimum Gasteiger partial charge on any atom is -0.365 e. The highest BCUT2D eigenvalue weighted by molar-refractivity contribution is 8.93. The van der Waals surface area contributed by atoms with Crippen LogP contribution in [0, 0.1) is 0 Å². The molecule has 1 heterocycles. The molecular formula is C21H18BrN3. The highest BCUT2D eigenvalue weighted by Crippen LogP contribution is 2.25. The molecule has 1 N–H and O–H groups in total. The number of para-hydroxylation sites is 1. The zero-order valence-electron chi connectivity index (χ0n) is 13.6. The number of hydrogen-bond acceptors (Lipinski definition) is 3. The normalized spacial score (nSPS) is 10.2. The van der Waals surface area contributed by atoms with Gasteiger partial charge in [0, 0.05) is 17.5 Å². The largest absolute Gasteiger partial charge is 0.365 e. The average molecular weight is 392 g/mol. The minimum atomic E-state index is 0. The molecule has 0 spiro atoms. The molecule has 4 heteroatoms. The third-order valence-electron chi connectivity index (χ3n) is 3.94. The number of halogens is 1. The number of benzene rings is 3. The summed E-state index contributed by atoms with van der Waals surface area (Å²) in [5.74, 6) is 1.60. The first kappa shape index (κ1) is 17.1. The van der Waals surface area contributed by atoms with Crippen LogP contribution in [0.5, 0.6) is 0 Å². The molecule has 0 radical (unpaired) electrons. The van der Waals surface area contributed by atoms with Gasteiger partial charge in [-0.2, -0.15) is 0 Å². The lowest BCUT2D eigenvalue weighted by Crippen LogP contribution is -2.04. The molecule has 0 atom stereocenters. The van der Waals surface area contributed by atoms with Crippen molar-refractivity contribution in [3.05, 3.63) is 90.5 Å². The summed E-state index contributed by atoms with van der Waals surface area (Å²) in [6.45, 7) is 0.732. The fraction of sp³-hybridized carbons (Fsp3) is 0.0476. The lowest BCUT2D eigenvalue weighted by Gasteiger charge is -2.11. The molecule has 25 heavy (non-hydrogen) atoms. The van der Waals surface area contributed by atoms with Crippen LogP contribution in [0.4, 0.5) is 5.82 Å². The quantitative estimate of drug-likeness (QED) is 0.499. The molecule has 0 unspecified atom stereocenters. The van der Waals surface area contributed by atoms with Crippen LogP contribution in [0.25, 0.3) is 22.3 Å². The van der Waals surface area contributed by atoms with E-state index in [1.807, 2.05) is 66.7 Å². The fourth-order valence-corrected chi connectivity index (χ4v) is 2.71. The zero-order chi connectivity index (χ0) is 16.2. The molecule has 0 aliphatic heterocycles. The highest BCUT2D eigenvalue weighted by Gasteiger charge is 2.08. The van der Waals surface area contributed by atoms with E-state index in [2.05, 4.69) is 23.5 Å². The van der Waals surface area contributed by atoms with E-state index in [0.29, 0.717) is 0 Å². The van der Waals surface area contributed by atoms with Gasteiger partial charge in [-0.15, -0.1) is 17.0 Å². The number of fused-ring (bicyclic) bond motifs is 1. The first-order chi connectivity index (χ1) is 11.9. The van der Waals surface area contributed by atoms with Gasteiger partial charge < -0.3 is 5.32 Å². The van der Waals surface area contributed by atoms with Gasteiger partial charge in [0.15, 0.2) is 5.82 Å². The molecule has 0 bridgehead atoms. The summed E-state index contributed by atoms with van der Waals surface area (Å²) >= 11 is 0. The van der Waals surface area contributed by atoms with E-state index in [0.717, 1.165) is 34.7 Å². The van der Waals surface area contributed by atoms with E-state index in [1.165, 1.54) is 5.56 Å². The Bertz CT molecular complexity index is 956. The molecule has 1 aromatic heterocycles. The van der Waals surface area contributed by atoms with Gasteiger partial charge in [-0.3, -0.25) is 0 Å². The molecule has 0 amide bonds. The van der Waals surface area contributed by atoms with E-state index in [1.54, 1.807) is 0 Å². The van der Waals surface area contributed by atoms with Crippen LogP contribution in [0.1, 0.15) is 5.56 Å². The van der Waals surface area contributed by atoms with Crippen LogP contribution in [0.15, 0.2) is 84.9 Å². The Labute approximate surface area is 157 Å². The molecular weight excluding hydrogens is 374 g/mol. The molecule has 0 fully saturated rings. The predicted octanol–water partition coefficient (Wildman–Crippen LogP) is 5.49. The molecule has 0 saturated heterocycles. The molecule has 124 valence electrons.